The van der Waals surface area contributed by atoms with E-state index < -0.39 is 16.0 Å². The smallest absolute Gasteiger partial charge is 0.0877 e. The monoisotopic (exact) mass is 510 g/mol. The molecule has 0 bridgehead atoms. The maximum absolute atomic E-state index is 4.70. The quantitative estimate of drug-likeness (QED) is 0.288. The highest BCUT2D eigenvalue weighted by Crippen LogP contribution is 2.61. The summed E-state index contributed by atoms with van der Waals surface area (Å²) in [5, 5.41) is 2.07. The Labute approximate surface area is 210 Å². The molecule has 4 nitrogen and oxygen atoms in total. The number of benzene rings is 1. The first-order valence-electron chi connectivity index (χ1n) is 12.0. The van der Waals surface area contributed by atoms with Gasteiger partial charge in [0.2, 0.25) is 0 Å². The van der Waals surface area contributed by atoms with Crippen molar-refractivity contribution in [1.29, 1.82) is 0 Å². The normalized spacial score (nSPS) is 13.0. The zero-order chi connectivity index (χ0) is 25.1. The maximum Gasteiger partial charge on any atom is 0.0877 e. The molecule has 0 saturated heterocycles. The van der Waals surface area contributed by atoms with Crippen LogP contribution in [-0.2, 0) is 12.3 Å². The largest absolute Gasteiger partial charge is 0.261 e. The van der Waals surface area contributed by atoms with Crippen LogP contribution in [-0.4, -0.2) is 38.3 Å². The average molecular weight is 511 g/mol. The Balaban J connectivity index is 2.12. The van der Waals surface area contributed by atoms with Crippen LogP contribution < -0.4 is 16.1 Å². The summed E-state index contributed by atoms with van der Waals surface area (Å²) < 4.78 is 0. The molecule has 0 atom stereocenters. The Hall–Kier alpha value is -1.54. The molecular formula is C27H40N4P2Si. The first-order chi connectivity index (χ1) is 15.8. The molecule has 34 heavy (non-hydrogen) atoms. The van der Waals surface area contributed by atoms with Gasteiger partial charge in [-0.15, -0.1) is 0 Å². The first kappa shape index (κ1) is 27.1. The fourth-order valence-corrected chi connectivity index (χ4v) is 11.2. The molecule has 0 amide bonds. The van der Waals surface area contributed by atoms with Crippen LogP contribution in [0.5, 0.6) is 0 Å². The third kappa shape index (κ3) is 7.00. The summed E-state index contributed by atoms with van der Waals surface area (Å²) in [5.41, 5.74) is 4.95. The Bertz CT molecular complexity index is 1020. The Morgan fingerprint density at radius 3 is 1.65 bits per heavy atom. The van der Waals surface area contributed by atoms with E-state index >= 15 is 0 Å². The zero-order valence-electron chi connectivity index (χ0n) is 22.3. The van der Waals surface area contributed by atoms with Gasteiger partial charge in [-0.2, -0.15) is 0 Å². The van der Waals surface area contributed by atoms with Crippen LogP contribution >= 0.6 is 15.8 Å². The summed E-state index contributed by atoms with van der Waals surface area (Å²) in [5.74, 6) is 0. The summed E-state index contributed by atoms with van der Waals surface area (Å²) in [7, 11) is -2.50. The Kier molecular flexibility index (Phi) is 8.44. The van der Waals surface area contributed by atoms with Crippen LogP contribution in [0, 0.1) is 0 Å². The summed E-state index contributed by atoms with van der Waals surface area (Å²) >= 11 is 0. The number of hydrogen-bond donors (Lipinski definition) is 0. The van der Waals surface area contributed by atoms with Gasteiger partial charge in [-0.3, -0.25) is 19.9 Å². The van der Waals surface area contributed by atoms with E-state index in [4.69, 9.17) is 9.97 Å². The molecule has 0 fully saturated rings. The molecule has 2 aromatic heterocycles. The molecule has 0 spiro atoms. The fraction of sp³-hybridized carbons (Fsp3) is 0.481. The molecular weight excluding hydrogens is 470 g/mol. The number of nitrogens with zero attached hydrogens (tertiary/aromatic N) is 4. The molecule has 182 valence electrons. The predicted molar refractivity (Wildman–Crippen MR) is 154 cm³/mol. The highest BCUT2D eigenvalue weighted by Gasteiger charge is 2.35. The number of rotatable bonds is 7. The minimum Gasteiger partial charge on any atom is -0.261 e. The molecule has 0 unspecified atom stereocenters. The summed E-state index contributed by atoms with van der Waals surface area (Å²) in [6.45, 7) is 21.7. The summed E-state index contributed by atoms with van der Waals surface area (Å²) in [4.78, 5) is 18.2. The van der Waals surface area contributed by atoms with Gasteiger partial charge in [0, 0.05) is 38.9 Å². The second-order valence-corrected chi connectivity index (χ2v) is 22.9. The minimum absolute atomic E-state index is 0.244. The molecule has 0 aliphatic rings. The van der Waals surface area contributed by atoms with Gasteiger partial charge >= 0.3 is 0 Å². The van der Waals surface area contributed by atoms with E-state index in [0.29, 0.717) is 0 Å². The van der Waals surface area contributed by atoms with Crippen LogP contribution in [0.1, 0.15) is 52.7 Å². The lowest BCUT2D eigenvalue weighted by Crippen LogP contribution is -2.38. The standard InChI is InChI=1S/C27H40N4P2Si/c1-26(2,3)33(27(4,5)6)20-21-10-11-23(34(7,8)9)16-22(21)19-32(24-17-28-12-14-30-24)25-18-29-13-15-31-25/h10-18H,19-20H2,1-9H3. The second-order valence-electron chi connectivity index (χ2n) is 11.9. The van der Waals surface area contributed by atoms with Gasteiger partial charge in [-0.05, 0) is 27.6 Å². The van der Waals surface area contributed by atoms with Crippen LogP contribution in [0.25, 0.3) is 0 Å². The summed E-state index contributed by atoms with van der Waals surface area (Å²) in [6.07, 6.45) is 12.9. The van der Waals surface area contributed by atoms with Crippen LogP contribution in [0.3, 0.4) is 0 Å². The van der Waals surface area contributed by atoms with Gasteiger partial charge in [0.1, 0.15) is 0 Å². The van der Waals surface area contributed by atoms with Crippen molar-refractivity contribution in [2.24, 2.45) is 0 Å². The number of hydrogen-bond acceptors (Lipinski definition) is 4. The molecule has 3 rings (SSSR count). The zero-order valence-corrected chi connectivity index (χ0v) is 25.1. The van der Waals surface area contributed by atoms with E-state index in [9.17, 15) is 0 Å². The molecule has 0 aliphatic heterocycles. The van der Waals surface area contributed by atoms with Crippen molar-refractivity contribution in [3.05, 3.63) is 66.5 Å². The third-order valence-corrected chi connectivity index (χ3v) is 14.2. The second kappa shape index (κ2) is 10.6. The van der Waals surface area contributed by atoms with Crippen molar-refractivity contribution in [3.63, 3.8) is 0 Å². The van der Waals surface area contributed by atoms with Crippen molar-refractivity contribution in [2.75, 3.05) is 0 Å². The lowest BCUT2D eigenvalue weighted by Gasteiger charge is -2.42. The van der Waals surface area contributed by atoms with Crippen molar-refractivity contribution >= 4 is 40.0 Å². The van der Waals surface area contributed by atoms with E-state index in [1.54, 1.807) is 24.8 Å². The summed E-state index contributed by atoms with van der Waals surface area (Å²) in [6, 6.07) is 7.33. The fourth-order valence-electron chi connectivity index (χ4n) is 4.36. The van der Waals surface area contributed by atoms with E-state index in [2.05, 4.69) is 89.4 Å². The van der Waals surface area contributed by atoms with Crippen molar-refractivity contribution in [2.45, 2.75) is 83.8 Å². The maximum atomic E-state index is 4.70. The molecule has 0 saturated carbocycles. The lowest BCUT2D eigenvalue weighted by molar-refractivity contribution is 0.702. The minimum atomic E-state index is -1.45. The molecule has 0 N–H and O–H groups in total. The highest BCUT2D eigenvalue weighted by molar-refractivity contribution is 7.71. The van der Waals surface area contributed by atoms with Crippen LogP contribution in [0.2, 0.25) is 19.6 Å². The lowest BCUT2D eigenvalue weighted by atomic mass is 10.1. The van der Waals surface area contributed by atoms with Crippen LogP contribution in [0.15, 0.2) is 55.4 Å². The predicted octanol–water partition coefficient (Wildman–Crippen LogP) is 6.02. The Morgan fingerprint density at radius 2 is 1.24 bits per heavy atom. The van der Waals surface area contributed by atoms with Crippen molar-refractivity contribution in [1.82, 2.24) is 19.9 Å². The number of aromatic nitrogens is 4. The van der Waals surface area contributed by atoms with Gasteiger partial charge in [-0.25, -0.2) is 0 Å². The van der Waals surface area contributed by atoms with Crippen molar-refractivity contribution < 1.29 is 0 Å². The molecule has 7 heteroatoms. The van der Waals surface area contributed by atoms with E-state index in [1.807, 2.05) is 12.4 Å². The SMILES string of the molecule is CC(C)(C)P(Cc1ccc([Si](C)(C)C)cc1CP(c1cnccn1)c1cnccn1)C(C)(C)C. The molecule has 1 aromatic carbocycles. The van der Waals surface area contributed by atoms with Gasteiger partial charge in [-0.1, -0.05) is 92.5 Å². The highest BCUT2D eigenvalue weighted by atomic mass is 31.1. The van der Waals surface area contributed by atoms with E-state index in [-0.39, 0.29) is 18.2 Å². The molecule has 0 aliphatic carbocycles. The average Bonchev–Trinajstić information content (AvgIpc) is 2.75. The first-order valence-corrected chi connectivity index (χ1v) is 18.5. The van der Waals surface area contributed by atoms with Gasteiger partial charge in [0.25, 0.3) is 0 Å². The molecule has 0 radical (unpaired) electrons. The van der Waals surface area contributed by atoms with Gasteiger partial charge in [0.15, 0.2) is 0 Å². The van der Waals surface area contributed by atoms with Crippen molar-refractivity contribution in [3.8, 4) is 0 Å². The topological polar surface area (TPSA) is 51.6 Å². The van der Waals surface area contributed by atoms with Gasteiger partial charge in [0.05, 0.1) is 31.3 Å². The third-order valence-electron chi connectivity index (χ3n) is 6.00. The van der Waals surface area contributed by atoms with Gasteiger partial charge < -0.3 is 0 Å². The van der Waals surface area contributed by atoms with E-state index in [1.165, 1.54) is 16.3 Å². The van der Waals surface area contributed by atoms with E-state index in [0.717, 1.165) is 23.2 Å². The Morgan fingerprint density at radius 1 is 0.706 bits per heavy atom. The molecule has 2 heterocycles. The van der Waals surface area contributed by atoms with Crippen LogP contribution in [0.4, 0.5) is 0 Å². The molecule has 3 aromatic rings.